The van der Waals surface area contributed by atoms with E-state index < -0.39 is 26.4 Å². The molecule has 11 heteroatoms. The van der Waals surface area contributed by atoms with E-state index in [1.807, 2.05) is 0 Å². The third-order valence-corrected chi connectivity index (χ3v) is 2.63. The second-order valence-electron chi connectivity index (χ2n) is 1.46. The molecular weight excluding hydrogens is 485 g/mol. The minimum atomic E-state index is -4.38. The predicted octanol–water partition coefficient (Wildman–Crippen LogP) is -1.81. The van der Waals surface area contributed by atoms with Gasteiger partial charge < -0.3 is 28.7 Å². The van der Waals surface area contributed by atoms with Crippen LogP contribution in [0.3, 0.4) is 0 Å². The Morgan fingerprint density at radius 3 is 0.923 bits per heavy atom. The summed E-state index contributed by atoms with van der Waals surface area (Å²) in [4.78, 5) is 37.4. The first-order valence-electron chi connectivity index (χ1n) is 2.26. The van der Waals surface area contributed by atoms with Crippen LogP contribution >= 0.6 is 38.4 Å². The molecule has 0 aliphatic heterocycles. The summed E-state index contributed by atoms with van der Waals surface area (Å²) < 4.78 is 18.7. The topological polar surface area (TPSA) is 126 Å². The van der Waals surface area contributed by atoms with E-state index in [-0.39, 0.29) is 39.9 Å². The van der Waals surface area contributed by atoms with Gasteiger partial charge in [-0.3, -0.25) is 0 Å². The Morgan fingerprint density at radius 1 is 0.846 bits per heavy atom. The maximum Gasteiger partial charge on any atom is 4.00 e. The Bertz CT molecular complexity index is 177. The predicted molar refractivity (Wildman–Crippen MR) is 36.7 cm³/mol. The van der Waals surface area contributed by atoms with Gasteiger partial charge in [-0.1, -0.05) is 15.2 Å². The second kappa shape index (κ2) is 9.43. The Morgan fingerprint density at radius 2 is 0.923 bits per heavy atom. The minimum absolute atomic E-state index is 0. The molecule has 0 spiro atoms. The van der Waals surface area contributed by atoms with Gasteiger partial charge in [0.05, 0.1) is 11.2 Å². The van der Waals surface area contributed by atoms with Crippen LogP contribution in [0.1, 0.15) is 0 Å². The van der Waals surface area contributed by atoms with Gasteiger partial charge in [-0.25, -0.2) is 0 Å². The van der Waals surface area contributed by atoms with Gasteiger partial charge in [0.15, 0.2) is 0 Å². The Labute approximate surface area is 117 Å². The monoisotopic (exact) mass is 488 g/mol. The van der Waals surface area contributed by atoms with Crippen LogP contribution in [0.4, 0.5) is 0 Å². The van der Waals surface area contributed by atoms with Crippen LogP contribution in [0.15, 0.2) is 0 Å². The number of rotatable bonds is 2. The van der Waals surface area contributed by atoms with E-state index in [0.29, 0.717) is 0 Å². The summed E-state index contributed by atoms with van der Waals surface area (Å²) in [5, 5.41) is 0. The summed E-state index contributed by atoms with van der Waals surface area (Å²) in [6.07, 6.45) is 0. The fourth-order valence-corrected chi connectivity index (χ4v) is 0. The minimum Gasteiger partial charge on any atom is -0.810 e. The molecule has 0 fully saturated rings. The fraction of sp³-hybridized carbons (Fsp3) is 1.00. The van der Waals surface area contributed by atoms with E-state index in [1.165, 1.54) is 0 Å². The van der Waals surface area contributed by atoms with Gasteiger partial charge in [0, 0.05) is 0 Å². The summed E-state index contributed by atoms with van der Waals surface area (Å²) in [6, 6.07) is 0. The van der Waals surface area contributed by atoms with Crippen molar-refractivity contribution in [2.24, 2.45) is 0 Å². The molecule has 13 heavy (non-hydrogen) atoms. The van der Waals surface area contributed by atoms with Gasteiger partial charge >= 0.3 is 39.9 Å². The van der Waals surface area contributed by atoms with Crippen molar-refractivity contribution < 1.29 is 68.6 Å². The smallest absolute Gasteiger partial charge is 0.810 e. The van der Waals surface area contributed by atoms with Gasteiger partial charge in [-0.05, 0) is 0 Å². The standard InChI is InChI=1S/2CH4ClO3P.Th/c2*2-1-6(3,4)5;/h2*1H2,(H2,3,4,5);/q;;+4/p-4. The van der Waals surface area contributed by atoms with Crippen molar-refractivity contribution in [2.75, 3.05) is 11.2 Å². The molecule has 0 aliphatic rings. The molecule has 0 rings (SSSR count). The van der Waals surface area contributed by atoms with E-state index in [1.54, 1.807) is 0 Å². The molecule has 0 aromatic rings. The molecule has 0 saturated carbocycles. The zero-order valence-corrected chi connectivity index (χ0v) is 13.4. The molecule has 0 N–H and O–H groups in total. The molecule has 0 heterocycles. The van der Waals surface area contributed by atoms with E-state index >= 15 is 0 Å². The van der Waals surface area contributed by atoms with Gasteiger partial charge in [0.2, 0.25) is 0 Å². The molecule has 0 bridgehead atoms. The first-order valence-corrected chi connectivity index (χ1v) is 6.79. The van der Waals surface area contributed by atoms with Crippen LogP contribution in [0, 0.1) is 39.9 Å². The summed E-state index contributed by atoms with van der Waals surface area (Å²) in [7, 11) is -8.76. The van der Waals surface area contributed by atoms with Crippen molar-refractivity contribution >= 4 is 38.4 Å². The van der Waals surface area contributed by atoms with Crippen molar-refractivity contribution in [3.8, 4) is 0 Å². The first kappa shape index (κ1) is 20.6. The Kier molecular flexibility index (Phi) is 14.9. The normalized spacial score (nSPS) is 10.9. The van der Waals surface area contributed by atoms with E-state index in [4.69, 9.17) is 0 Å². The molecule has 0 amide bonds. The molecule has 0 unspecified atom stereocenters. The van der Waals surface area contributed by atoms with Crippen LogP contribution in [0.25, 0.3) is 0 Å². The number of hydrogen-bond acceptors (Lipinski definition) is 6. The molecule has 76 valence electrons. The average molecular weight is 489 g/mol. The third-order valence-electron chi connectivity index (χ3n) is 0.293. The van der Waals surface area contributed by atoms with Crippen LogP contribution in [-0.4, -0.2) is 11.2 Å². The molecule has 0 aromatic carbocycles. The van der Waals surface area contributed by atoms with Crippen molar-refractivity contribution in [1.29, 1.82) is 0 Å². The second-order valence-corrected chi connectivity index (χ2v) is 5.82. The maximum absolute atomic E-state index is 9.34. The first-order chi connectivity index (χ1) is 5.12. The van der Waals surface area contributed by atoms with Crippen LogP contribution < -0.4 is 19.6 Å². The SMILES string of the molecule is O=P([O-])([O-])CCl.O=P([O-])([O-])CCl.[Th+4]. The summed E-state index contributed by atoms with van der Waals surface area (Å²) in [5.74, 6) is 0. The van der Waals surface area contributed by atoms with Crippen molar-refractivity contribution in [3.63, 3.8) is 0 Å². The van der Waals surface area contributed by atoms with E-state index in [2.05, 4.69) is 23.2 Å². The summed E-state index contributed by atoms with van der Waals surface area (Å²) in [6.45, 7) is 0. The number of halogens is 2. The van der Waals surface area contributed by atoms with Crippen LogP contribution in [0.5, 0.6) is 0 Å². The van der Waals surface area contributed by atoms with Gasteiger partial charge in [-0.2, -0.15) is 0 Å². The quantitative estimate of drug-likeness (QED) is 0.333. The van der Waals surface area contributed by atoms with Crippen molar-refractivity contribution in [1.82, 2.24) is 0 Å². The van der Waals surface area contributed by atoms with Crippen LogP contribution in [0.2, 0.25) is 0 Å². The van der Waals surface area contributed by atoms with Gasteiger partial charge in [0.25, 0.3) is 0 Å². The Hall–Kier alpha value is 2.20. The summed E-state index contributed by atoms with van der Waals surface area (Å²) >= 11 is 9.18. The molecule has 0 atom stereocenters. The van der Waals surface area contributed by atoms with Crippen molar-refractivity contribution in [2.45, 2.75) is 0 Å². The molecule has 0 radical (unpaired) electrons. The van der Waals surface area contributed by atoms with Gasteiger partial charge in [-0.15, -0.1) is 23.2 Å². The van der Waals surface area contributed by atoms with Crippen molar-refractivity contribution in [3.05, 3.63) is 0 Å². The van der Waals surface area contributed by atoms with E-state index in [9.17, 15) is 28.7 Å². The number of alkyl halides is 2. The van der Waals surface area contributed by atoms with Crippen LogP contribution in [-0.2, 0) is 9.13 Å². The Balaban J connectivity index is -0.000000143. The molecule has 0 saturated heterocycles. The maximum atomic E-state index is 9.34. The number of hydrogen-bond donors (Lipinski definition) is 0. The summed E-state index contributed by atoms with van der Waals surface area (Å²) in [5.41, 5.74) is -1.62. The molecule has 6 nitrogen and oxygen atoms in total. The molecule has 0 aromatic heterocycles. The van der Waals surface area contributed by atoms with Gasteiger partial charge in [0.1, 0.15) is 0 Å². The fourth-order valence-electron chi connectivity index (χ4n) is 0. The average Bonchev–Trinajstić information content (AvgIpc) is 1.86. The molecular formula is C2H4Cl2O6P2Th. The molecule has 0 aliphatic carbocycles. The largest absolute Gasteiger partial charge is 4.00 e. The third kappa shape index (κ3) is 31.4. The van der Waals surface area contributed by atoms with E-state index in [0.717, 1.165) is 0 Å². The zero-order valence-electron chi connectivity index (χ0n) is 6.01. The zero-order chi connectivity index (χ0) is 10.4.